The minimum atomic E-state index is 0.530. The van der Waals surface area contributed by atoms with Gasteiger partial charge in [-0.3, -0.25) is 0 Å². The van der Waals surface area contributed by atoms with Crippen molar-refractivity contribution in [3.8, 4) is 6.07 Å². The van der Waals surface area contributed by atoms with Crippen LogP contribution < -0.4 is 0 Å². The molecule has 5 heteroatoms. The Kier molecular flexibility index (Phi) is 3.29. The molecule has 0 aliphatic carbocycles. The molecule has 0 spiro atoms. The van der Waals surface area contributed by atoms with Crippen molar-refractivity contribution in [2.24, 2.45) is 5.16 Å². The standard InChI is InChI=1S/C8H7N3OS/c1-13-8-6(4-9)2-3-7(11-8)5-10-12/h2-3,5,12H,1H3. The lowest BCUT2D eigenvalue weighted by Crippen LogP contribution is -1.92. The predicted octanol–water partition coefficient (Wildman–Crippen LogP) is 1.48. The van der Waals surface area contributed by atoms with Gasteiger partial charge in [-0.2, -0.15) is 5.26 Å². The maximum Gasteiger partial charge on any atom is 0.114 e. The van der Waals surface area contributed by atoms with Crippen molar-refractivity contribution in [1.82, 2.24) is 4.98 Å². The summed E-state index contributed by atoms with van der Waals surface area (Å²) in [7, 11) is 0. The third-order valence-corrected chi connectivity index (χ3v) is 2.08. The number of thioether (sulfide) groups is 1. The van der Waals surface area contributed by atoms with E-state index in [1.165, 1.54) is 18.0 Å². The van der Waals surface area contributed by atoms with Crippen molar-refractivity contribution in [2.45, 2.75) is 5.03 Å². The van der Waals surface area contributed by atoms with E-state index < -0.39 is 0 Å². The minimum Gasteiger partial charge on any atom is -0.411 e. The lowest BCUT2D eigenvalue weighted by molar-refractivity contribution is 0.321. The number of rotatable bonds is 2. The van der Waals surface area contributed by atoms with E-state index in [-0.39, 0.29) is 0 Å². The molecule has 0 aromatic carbocycles. The fourth-order valence-electron chi connectivity index (χ4n) is 0.826. The summed E-state index contributed by atoms with van der Waals surface area (Å²) >= 11 is 1.38. The SMILES string of the molecule is CSc1nc(C=NO)ccc1C#N. The monoisotopic (exact) mass is 193 g/mol. The first-order chi connectivity index (χ1) is 6.31. The van der Waals surface area contributed by atoms with Gasteiger partial charge < -0.3 is 5.21 Å². The molecule has 0 saturated heterocycles. The second kappa shape index (κ2) is 4.48. The summed E-state index contributed by atoms with van der Waals surface area (Å²) in [5, 5.41) is 20.4. The van der Waals surface area contributed by atoms with Crippen LogP contribution >= 0.6 is 11.8 Å². The van der Waals surface area contributed by atoms with Crippen molar-refractivity contribution in [2.75, 3.05) is 6.26 Å². The van der Waals surface area contributed by atoms with Crippen LogP contribution in [0.4, 0.5) is 0 Å². The highest BCUT2D eigenvalue weighted by Gasteiger charge is 2.02. The molecule has 1 aromatic rings. The topological polar surface area (TPSA) is 69.3 Å². The van der Waals surface area contributed by atoms with Crippen molar-refractivity contribution in [3.05, 3.63) is 23.4 Å². The first-order valence-corrected chi connectivity index (χ1v) is 4.67. The van der Waals surface area contributed by atoms with Gasteiger partial charge in [-0.1, -0.05) is 5.16 Å². The van der Waals surface area contributed by atoms with Gasteiger partial charge in [-0.15, -0.1) is 11.8 Å². The second-order valence-corrected chi connectivity index (χ2v) is 2.94. The molecule has 0 amide bonds. The number of hydrogen-bond donors (Lipinski definition) is 1. The fraction of sp³-hybridized carbons (Fsp3) is 0.125. The van der Waals surface area contributed by atoms with Gasteiger partial charge in [0, 0.05) is 0 Å². The molecule has 0 bridgehead atoms. The zero-order valence-electron chi connectivity index (χ0n) is 6.93. The highest BCUT2D eigenvalue weighted by atomic mass is 32.2. The molecule has 0 aliphatic rings. The van der Waals surface area contributed by atoms with E-state index in [4.69, 9.17) is 10.5 Å². The fourth-order valence-corrected chi connectivity index (χ4v) is 1.36. The minimum absolute atomic E-state index is 0.530. The average Bonchev–Trinajstić information content (AvgIpc) is 2.18. The van der Waals surface area contributed by atoms with Gasteiger partial charge in [0.05, 0.1) is 17.5 Å². The smallest absolute Gasteiger partial charge is 0.114 e. The highest BCUT2D eigenvalue weighted by molar-refractivity contribution is 7.98. The zero-order valence-corrected chi connectivity index (χ0v) is 7.75. The predicted molar refractivity (Wildman–Crippen MR) is 50.1 cm³/mol. The van der Waals surface area contributed by atoms with Crippen LogP contribution in [0.2, 0.25) is 0 Å². The summed E-state index contributed by atoms with van der Waals surface area (Å²) in [6, 6.07) is 5.30. The molecular weight excluding hydrogens is 186 g/mol. The Bertz CT molecular complexity index is 370. The summed E-state index contributed by atoms with van der Waals surface area (Å²) in [5.41, 5.74) is 1.06. The highest BCUT2D eigenvalue weighted by Crippen LogP contribution is 2.16. The van der Waals surface area contributed by atoms with Gasteiger partial charge in [0.25, 0.3) is 0 Å². The summed E-state index contributed by atoms with van der Waals surface area (Å²) in [6.45, 7) is 0. The van der Waals surface area contributed by atoms with Crippen LogP contribution in [-0.2, 0) is 0 Å². The Balaban J connectivity index is 3.14. The number of aromatic nitrogens is 1. The molecule has 1 heterocycles. The van der Waals surface area contributed by atoms with Gasteiger partial charge in [0.1, 0.15) is 11.1 Å². The van der Waals surface area contributed by atoms with Gasteiger partial charge in [-0.25, -0.2) is 4.98 Å². The van der Waals surface area contributed by atoms with E-state index in [0.717, 1.165) is 0 Å². The van der Waals surface area contributed by atoms with Crippen LogP contribution in [0.25, 0.3) is 0 Å². The summed E-state index contributed by atoms with van der Waals surface area (Å²) in [4.78, 5) is 4.08. The number of nitriles is 1. The molecule has 0 saturated carbocycles. The van der Waals surface area contributed by atoms with Crippen molar-refractivity contribution >= 4 is 18.0 Å². The molecule has 0 fully saturated rings. The maximum absolute atomic E-state index is 8.68. The summed E-state index contributed by atoms with van der Waals surface area (Å²) < 4.78 is 0. The van der Waals surface area contributed by atoms with Crippen LogP contribution in [-0.4, -0.2) is 22.7 Å². The molecule has 1 rings (SSSR count). The van der Waals surface area contributed by atoms with Crippen LogP contribution in [0.3, 0.4) is 0 Å². The Morgan fingerprint density at radius 1 is 1.69 bits per heavy atom. The van der Waals surface area contributed by atoms with Gasteiger partial charge in [-0.05, 0) is 18.4 Å². The molecule has 1 aromatic heterocycles. The van der Waals surface area contributed by atoms with Crippen molar-refractivity contribution < 1.29 is 5.21 Å². The van der Waals surface area contributed by atoms with Crippen LogP contribution in [0.1, 0.15) is 11.3 Å². The number of oxime groups is 1. The number of hydrogen-bond acceptors (Lipinski definition) is 5. The normalized spacial score (nSPS) is 10.2. The Morgan fingerprint density at radius 2 is 2.46 bits per heavy atom. The van der Waals surface area contributed by atoms with E-state index in [1.54, 1.807) is 12.1 Å². The Hall–Kier alpha value is -1.54. The molecule has 1 N–H and O–H groups in total. The molecule has 4 nitrogen and oxygen atoms in total. The van der Waals surface area contributed by atoms with Crippen LogP contribution in [0.15, 0.2) is 22.3 Å². The maximum atomic E-state index is 8.68. The van der Waals surface area contributed by atoms with Gasteiger partial charge >= 0.3 is 0 Å². The molecular formula is C8H7N3OS. The van der Waals surface area contributed by atoms with Crippen molar-refractivity contribution in [3.63, 3.8) is 0 Å². The largest absolute Gasteiger partial charge is 0.411 e. The summed E-state index contributed by atoms with van der Waals surface area (Å²) in [6.07, 6.45) is 3.06. The number of pyridine rings is 1. The van der Waals surface area contributed by atoms with Crippen LogP contribution in [0.5, 0.6) is 0 Å². The number of nitrogens with zero attached hydrogens (tertiary/aromatic N) is 3. The van der Waals surface area contributed by atoms with E-state index in [0.29, 0.717) is 16.3 Å². The van der Waals surface area contributed by atoms with Crippen molar-refractivity contribution in [1.29, 1.82) is 5.26 Å². The summed E-state index contributed by atoms with van der Waals surface area (Å²) in [5.74, 6) is 0. The third kappa shape index (κ3) is 2.20. The zero-order chi connectivity index (χ0) is 9.68. The second-order valence-electron chi connectivity index (χ2n) is 2.15. The molecule has 0 aliphatic heterocycles. The first kappa shape index (κ1) is 9.55. The van der Waals surface area contributed by atoms with E-state index in [2.05, 4.69) is 10.1 Å². The Morgan fingerprint density at radius 3 is 3.00 bits per heavy atom. The first-order valence-electron chi connectivity index (χ1n) is 3.44. The third-order valence-electron chi connectivity index (χ3n) is 1.39. The van der Waals surface area contributed by atoms with E-state index in [9.17, 15) is 0 Å². The molecule has 13 heavy (non-hydrogen) atoms. The lowest BCUT2D eigenvalue weighted by Gasteiger charge is -1.98. The van der Waals surface area contributed by atoms with E-state index in [1.807, 2.05) is 12.3 Å². The van der Waals surface area contributed by atoms with Crippen LogP contribution in [0, 0.1) is 11.3 Å². The molecule has 0 unspecified atom stereocenters. The molecule has 0 radical (unpaired) electrons. The molecule has 0 atom stereocenters. The Labute approximate surface area is 79.9 Å². The average molecular weight is 193 g/mol. The van der Waals surface area contributed by atoms with Gasteiger partial charge in [0.15, 0.2) is 0 Å². The van der Waals surface area contributed by atoms with Gasteiger partial charge in [0.2, 0.25) is 0 Å². The quantitative estimate of drug-likeness (QED) is 0.334. The van der Waals surface area contributed by atoms with E-state index >= 15 is 0 Å². The lowest BCUT2D eigenvalue weighted by atomic mass is 10.3. The molecule has 66 valence electrons.